The van der Waals surface area contributed by atoms with E-state index in [9.17, 15) is 17.6 Å². The number of nitrogens with zero attached hydrogens (tertiary/aromatic N) is 1. The molecule has 30 heavy (non-hydrogen) atoms. The number of sulfonamides is 1. The number of rotatable bonds is 7. The summed E-state index contributed by atoms with van der Waals surface area (Å²) in [6.45, 7) is 3.66. The van der Waals surface area contributed by atoms with Crippen molar-refractivity contribution in [3.63, 3.8) is 0 Å². The highest BCUT2D eigenvalue weighted by Crippen LogP contribution is 2.24. The van der Waals surface area contributed by atoms with Gasteiger partial charge >= 0.3 is 0 Å². The Morgan fingerprint density at radius 3 is 2.20 bits per heavy atom. The molecule has 7 heteroatoms. The molecule has 0 aromatic heterocycles. The van der Waals surface area contributed by atoms with Crippen molar-refractivity contribution in [3.8, 4) is 0 Å². The summed E-state index contributed by atoms with van der Waals surface area (Å²) in [4.78, 5) is 12.7. The van der Waals surface area contributed by atoms with Gasteiger partial charge in [0.1, 0.15) is 12.4 Å². The molecule has 0 saturated heterocycles. The summed E-state index contributed by atoms with van der Waals surface area (Å²) < 4.78 is 40.9. The van der Waals surface area contributed by atoms with Crippen molar-refractivity contribution in [2.75, 3.05) is 10.8 Å². The van der Waals surface area contributed by atoms with Crippen LogP contribution in [0.2, 0.25) is 0 Å². The Labute approximate surface area is 176 Å². The van der Waals surface area contributed by atoms with E-state index in [0.717, 1.165) is 33.1 Å². The van der Waals surface area contributed by atoms with Gasteiger partial charge in [-0.2, -0.15) is 0 Å². The van der Waals surface area contributed by atoms with Gasteiger partial charge in [-0.25, -0.2) is 12.8 Å². The predicted octanol–water partition coefficient (Wildman–Crippen LogP) is 3.95. The summed E-state index contributed by atoms with van der Waals surface area (Å²) in [6, 6.07) is 19.0. The molecule has 0 unspecified atom stereocenters. The number of hydrogen-bond acceptors (Lipinski definition) is 3. The van der Waals surface area contributed by atoms with E-state index in [-0.39, 0.29) is 17.1 Å². The third kappa shape index (κ3) is 5.04. The van der Waals surface area contributed by atoms with Crippen LogP contribution >= 0.6 is 0 Å². The molecule has 0 saturated carbocycles. The Bertz CT molecular complexity index is 1130. The maximum atomic E-state index is 13.4. The van der Waals surface area contributed by atoms with E-state index < -0.39 is 28.3 Å². The lowest BCUT2D eigenvalue weighted by Crippen LogP contribution is -2.40. The molecule has 3 rings (SSSR count). The highest BCUT2D eigenvalue weighted by atomic mass is 32.2. The first-order chi connectivity index (χ1) is 14.3. The van der Waals surface area contributed by atoms with Crippen LogP contribution < -0.4 is 9.62 Å². The van der Waals surface area contributed by atoms with Crippen LogP contribution in [-0.4, -0.2) is 20.9 Å². The van der Waals surface area contributed by atoms with Crippen LogP contribution in [0, 0.1) is 19.7 Å². The first-order valence-corrected chi connectivity index (χ1v) is 10.9. The van der Waals surface area contributed by atoms with Gasteiger partial charge in [-0.1, -0.05) is 42.0 Å². The van der Waals surface area contributed by atoms with Crippen LogP contribution in [0.15, 0.2) is 77.7 Å². The zero-order valence-electron chi connectivity index (χ0n) is 16.8. The van der Waals surface area contributed by atoms with Gasteiger partial charge in [0.15, 0.2) is 0 Å². The van der Waals surface area contributed by atoms with E-state index in [2.05, 4.69) is 5.32 Å². The smallest absolute Gasteiger partial charge is 0.264 e. The second kappa shape index (κ2) is 9.09. The molecule has 0 aliphatic carbocycles. The third-order valence-electron chi connectivity index (χ3n) is 4.75. The summed E-state index contributed by atoms with van der Waals surface area (Å²) in [7, 11) is -4.02. The summed E-state index contributed by atoms with van der Waals surface area (Å²) in [5.41, 5.74) is 3.10. The average Bonchev–Trinajstić information content (AvgIpc) is 2.72. The van der Waals surface area contributed by atoms with Gasteiger partial charge in [-0.3, -0.25) is 9.10 Å². The highest BCUT2D eigenvalue weighted by molar-refractivity contribution is 7.92. The normalized spacial score (nSPS) is 11.2. The Balaban J connectivity index is 1.86. The van der Waals surface area contributed by atoms with E-state index in [1.807, 2.05) is 38.1 Å². The van der Waals surface area contributed by atoms with Crippen molar-refractivity contribution < 1.29 is 17.6 Å². The minimum Gasteiger partial charge on any atom is -0.350 e. The van der Waals surface area contributed by atoms with E-state index in [4.69, 9.17) is 0 Å². The van der Waals surface area contributed by atoms with Gasteiger partial charge in [0, 0.05) is 6.54 Å². The third-order valence-corrected chi connectivity index (χ3v) is 6.54. The average molecular weight is 427 g/mol. The van der Waals surface area contributed by atoms with Crippen LogP contribution in [0.3, 0.4) is 0 Å². The molecule has 0 spiro atoms. The molecule has 1 N–H and O–H groups in total. The molecule has 0 heterocycles. The molecule has 3 aromatic carbocycles. The van der Waals surface area contributed by atoms with Crippen molar-refractivity contribution in [3.05, 3.63) is 95.3 Å². The minimum atomic E-state index is -4.02. The van der Waals surface area contributed by atoms with Gasteiger partial charge in [-0.15, -0.1) is 0 Å². The number of anilines is 1. The summed E-state index contributed by atoms with van der Waals surface area (Å²) in [5, 5.41) is 2.76. The number of amides is 1. The SMILES string of the molecule is Cc1ccc(S(=O)(=O)N(CC(=O)NCc2ccccc2C)c2ccc(F)cc2)cc1. The van der Waals surface area contributed by atoms with Crippen molar-refractivity contribution >= 4 is 21.6 Å². The van der Waals surface area contributed by atoms with Gasteiger partial charge in [0.25, 0.3) is 10.0 Å². The first kappa shape index (κ1) is 21.5. The number of aryl methyl sites for hydroxylation is 2. The summed E-state index contributed by atoms with van der Waals surface area (Å²) >= 11 is 0. The monoisotopic (exact) mass is 426 g/mol. The second-order valence-electron chi connectivity index (χ2n) is 7.00. The Morgan fingerprint density at radius 2 is 1.57 bits per heavy atom. The van der Waals surface area contributed by atoms with Crippen molar-refractivity contribution in [2.24, 2.45) is 0 Å². The molecular formula is C23H23FN2O3S. The lowest BCUT2D eigenvalue weighted by atomic mass is 10.1. The standard InChI is InChI=1S/C23H23FN2O3S/c1-17-7-13-22(14-8-17)30(28,29)26(21-11-9-20(24)10-12-21)16-23(27)25-15-19-6-4-3-5-18(19)2/h3-14H,15-16H2,1-2H3,(H,25,27). The zero-order valence-corrected chi connectivity index (χ0v) is 17.6. The Hall–Kier alpha value is -3.19. The quantitative estimate of drug-likeness (QED) is 0.622. The zero-order chi connectivity index (χ0) is 21.7. The molecule has 3 aromatic rings. The van der Waals surface area contributed by atoms with Gasteiger partial charge in [0.05, 0.1) is 10.6 Å². The fourth-order valence-corrected chi connectivity index (χ4v) is 4.37. The molecule has 0 aliphatic heterocycles. The summed E-state index contributed by atoms with van der Waals surface area (Å²) in [6.07, 6.45) is 0. The summed E-state index contributed by atoms with van der Waals surface area (Å²) in [5.74, 6) is -0.950. The van der Waals surface area contributed by atoms with Crippen molar-refractivity contribution in [2.45, 2.75) is 25.3 Å². The fraction of sp³-hybridized carbons (Fsp3) is 0.174. The minimum absolute atomic E-state index is 0.0594. The van der Waals surface area contributed by atoms with Crippen LogP contribution in [0.5, 0.6) is 0 Å². The molecule has 5 nitrogen and oxygen atoms in total. The molecule has 0 fully saturated rings. The topological polar surface area (TPSA) is 66.5 Å². The van der Waals surface area contributed by atoms with Crippen molar-refractivity contribution in [1.82, 2.24) is 5.32 Å². The lowest BCUT2D eigenvalue weighted by molar-refractivity contribution is -0.119. The van der Waals surface area contributed by atoms with Gasteiger partial charge in [-0.05, 0) is 61.4 Å². The number of nitrogens with one attached hydrogen (secondary N) is 1. The number of halogens is 1. The number of hydrogen-bond donors (Lipinski definition) is 1. The van der Waals surface area contributed by atoms with Crippen LogP contribution in [0.1, 0.15) is 16.7 Å². The number of carbonyl (C=O) groups is 1. The fourth-order valence-electron chi connectivity index (χ4n) is 2.95. The van der Waals surface area contributed by atoms with E-state index in [1.165, 1.54) is 24.3 Å². The Morgan fingerprint density at radius 1 is 0.933 bits per heavy atom. The van der Waals surface area contributed by atoms with E-state index in [1.54, 1.807) is 12.1 Å². The van der Waals surface area contributed by atoms with Crippen molar-refractivity contribution in [1.29, 1.82) is 0 Å². The van der Waals surface area contributed by atoms with Crippen LogP contribution in [-0.2, 0) is 21.4 Å². The number of carbonyl (C=O) groups excluding carboxylic acids is 1. The number of benzene rings is 3. The largest absolute Gasteiger partial charge is 0.350 e. The van der Waals surface area contributed by atoms with Gasteiger partial charge < -0.3 is 5.32 Å². The molecule has 0 bridgehead atoms. The van der Waals surface area contributed by atoms with Gasteiger partial charge in [0.2, 0.25) is 5.91 Å². The molecule has 0 aliphatic rings. The molecule has 1 amide bonds. The first-order valence-electron chi connectivity index (χ1n) is 9.43. The molecule has 0 radical (unpaired) electrons. The van der Waals surface area contributed by atoms with Crippen LogP contribution in [0.4, 0.5) is 10.1 Å². The van der Waals surface area contributed by atoms with Crippen LogP contribution in [0.25, 0.3) is 0 Å². The van der Waals surface area contributed by atoms with E-state index >= 15 is 0 Å². The highest BCUT2D eigenvalue weighted by Gasteiger charge is 2.27. The maximum absolute atomic E-state index is 13.4. The second-order valence-corrected chi connectivity index (χ2v) is 8.87. The van der Waals surface area contributed by atoms with E-state index in [0.29, 0.717) is 0 Å². The molecule has 0 atom stereocenters. The predicted molar refractivity (Wildman–Crippen MR) is 115 cm³/mol. The molecule has 156 valence electrons. The molecular weight excluding hydrogens is 403 g/mol. The maximum Gasteiger partial charge on any atom is 0.264 e. The Kier molecular flexibility index (Phi) is 6.52. The lowest BCUT2D eigenvalue weighted by Gasteiger charge is -2.24.